The predicted octanol–water partition coefficient (Wildman–Crippen LogP) is 2.33. The number of hydrogen-bond acceptors (Lipinski definition) is 4. The fourth-order valence-electron chi connectivity index (χ4n) is 3.69. The Labute approximate surface area is 160 Å². The van der Waals surface area contributed by atoms with Crippen LogP contribution in [0.5, 0.6) is 0 Å². The lowest BCUT2D eigenvalue weighted by Crippen LogP contribution is -2.43. The molecule has 1 aromatic rings. The van der Waals surface area contributed by atoms with Gasteiger partial charge in [0.05, 0.1) is 12.5 Å². The standard InChI is InChI=1S/C21H28N2O4/c1-4-27-21(26)18-9-16(18)12-22(10-14(2)3)19(24)13-23-11-15-7-5-6-8-17(15)20(23)25/h5-8,14,16,18H,4,9-13H2,1-3H3. The molecule has 2 unspecified atom stereocenters. The van der Waals surface area contributed by atoms with E-state index in [1.54, 1.807) is 11.8 Å². The van der Waals surface area contributed by atoms with Crippen LogP contribution < -0.4 is 0 Å². The van der Waals surface area contributed by atoms with E-state index in [0.717, 1.165) is 12.0 Å². The van der Waals surface area contributed by atoms with Crippen LogP contribution in [0.3, 0.4) is 0 Å². The fraction of sp³-hybridized carbons (Fsp3) is 0.571. The van der Waals surface area contributed by atoms with Crippen molar-refractivity contribution in [2.75, 3.05) is 26.2 Å². The maximum absolute atomic E-state index is 12.9. The van der Waals surface area contributed by atoms with E-state index in [0.29, 0.717) is 37.7 Å². The maximum atomic E-state index is 12.9. The van der Waals surface area contributed by atoms with Gasteiger partial charge in [0.15, 0.2) is 0 Å². The van der Waals surface area contributed by atoms with Crippen molar-refractivity contribution in [1.29, 1.82) is 0 Å². The van der Waals surface area contributed by atoms with Gasteiger partial charge in [0, 0.05) is 25.2 Å². The molecule has 0 radical (unpaired) electrons. The summed E-state index contributed by atoms with van der Waals surface area (Å²) in [7, 11) is 0. The van der Waals surface area contributed by atoms with Crippen molar-refractivity contribution in [3.63, 3.8) is 0 Å². The van der Waals surface area contributed by atoms with Crippen molar-refractivity contribution in [1.82, 2.24) is 9.80 Å². The monoisotopic (exact) mass is 372 g/mol. The van der Waals surface area contributed by atoms with Crippen LogP contribution in [0.1, 0.15) is 43.1 Å². The van der Waals surface area contributed by atoms with E-state index >= 15 is 0 Å². The van der Waals surface area contributed by atoms with Gasteiger partial charge in [-0.15, -0.1) is 0 Å². The number of rotatable bonds is 8. The summed E-state index contributed by atoms with van der Waals surface area (Å²) in [5.41, 5.74) is 1.65. The highest BCUT2D eigenvalue weighted by atomic mass is 16.5. The van der Waals surface area contributed by atoms with Gasteiger partial charge in [-0.05, 0) is 36.8 Å². The second-order valence-corrected chi connectivity index (χ2v) is 7.87. The largest absolute Gasteiger partial charge is 0.466 e. The first-order valence-corrected chi connectivity index (χ1v) is 9.72. The topological polar surface area (TPSA) is 66.9 Å². The Kier molecular flexibility index (Phi) is 5.82. The summed E-state index contributed by atoms with van der Waals surface area (Å²) in [6, 6.07) is 7.49. The minimum absolute atomic E-state index is 0.0561. The van der Waals surface area contributed by atoms with Crippen molar-refractivity contribution < 1.29 is 19.1 Å². The SMILES string of the molecule is CCOC(=O)C1CC1CN(CC(C)C)C(=O)CN1Cc2ccccc2C1=O. The zero-order chi connectivity index (χ0) is 19.6. The van der Waals surface area contributed by atoms with Crippen LogP contribution in [0.25, 0.3) is 0 Å². The first kappa shape index (κ1) is 19.4. The van der Waals surface area contributed by atoms with Gasteiger partial charge >= 0.3 is 5.97 Å². The van der Waals surface area contributed by atoms with Crippen LogP contribution in [0.2, 0.25) is 0 Å². The molecule has 27 heavy (non-hydrogen) atoms. The molecule has 6 nitrogen and oxygen atoms in total. The lowest BCUT2D eigenvalue weighted by Gasteiger charge is -2.27. The summed E-state index contributed by atoms with van der Waals surface area (Å²) in [6.45, 7) is 8.04. The molecule has 2 amide bonds. The van der Waals surface area contributed by atoms with Crippen LogP contribution in [0, 0.1) is 17.8 Å². The Bertz CT molecular complexity index is 731. The number of carbonyl (C=O) groups excluding carboxylic acids is 3. The molecule has 1 saturated carbocycles. The average Bonchev–Trinajstić information content (AvgIpc) is 3.32. The molecule has 1 aromatic carbocycles. The summed E-state index contributed by atoms with van der Waals surface area (Å²) < 4.78 is 5.08. The molecule has 0 saturated heterocycles. The molecule has 0 bridgehead atoms. The van der Waals surface area contributed by atoms with Gasteiger partial charge in [-0.3, -0.25) is 14.4 Å². The first-order chi connectivity index (χ1) is 12.9. The number of amides is 2. The Morgan fingerprint density at radius 2 is 2.04 bits per heavy atom. The molecule has 2 atom stereocenters. The van der Waals surface area contributed by atoms with E-state index in [9.17, 15) is 14.4 Å². The average molecular weight is 372 g/mol. The second kappa shape index (κ2) is 8.11. The lowest BCUT2D eigenvalue weighted by atomic mass is 10.1. The van der Waals surface area contributed by atoms with Crippen molar-refractivity contribution in [3.05, 3.63) is 35.4 Å². The third kappa shape index (κ3) is 4.49. The molecular formula is C21H28N2O4. The molecule has 1 aliphatic heterocycles. The van der Waals surface area contributed by atoms with Crippen LogP contribution in [-0.4, -0.2) is 53.8 Å². The number of benzene rings is 1. The van der Waals surface area contributed by atoms with Crippen molar-refractivity contribution in [2.24, 2.45) is 17.8 Å². The molecule has 3 rings (SSSR count). The van der Waals surface area contributed by atoms with E-state index < -0.39 is 0 Å². The normalized spacial score (nSPS) is 20.6. The molecule has 1 heterocycles. The number of carbonyl (C=O) groups is 3. The summed E-state index contributed by atoms with van der Waals surface area (Å²) in [5.74, 6) is 0.0896. The summed E-state index contributed by atoms with van der Waals surface area (Å²) >= 11 is 0. The van der Waals surface area contributed by atoms with Gasteiger partial charge in [-0.25, -0.2) is 0 Å². The van der Waals surface area contributed by atoms with Crippen LogP contribution in [-0.2, 0) is 20.9 Å². The van der Waals surface area contributed by atoms with Gasteiger partial charge in [-0.2, -0.15) is 0 Å². The molecule has 1 aliphatic carbocycles. The molecule has 0 aromatic heterocycles. The maximum Gasteiger partial charge on any atom is 0.309 e. The highest BCUT2D eigenvalue weighted by Crippen LogP contribution is 2.40. The van der Waals surface area contributed by atoms with E-state index in [1.807, 2.05) is 29.2 Å². The van der Waals surface area contributed by atoms with Crippen LogP contribution in [0.4, 0.5) is 0 Å². The quantitative estimate of drug-likeness (QED) is 0.657. The highest BCUT2D eigenvalue weighted by Gasteiger charge is 2.45. The van der Waals surface area contributed by atoms with Crippen molar-refractivity contribution in [2.45, 2.75) is 33.7 Å². The van der Waals surface area contributed by atoms with Gasteiger partial charge < -0.3 is 14.5 Å². The molecular weight excluding hydrogens is 344 g/mol. The Balaban J connectivity index is 1.60. The third-order valence-electron chi connectivity index (χ3n) is 5.13. The minimum atomic E-state index is -0.162. The summed E-state index contributed by atoms with van der Waals surface area (Å²) in [4.78, 5) is 40.7. The highest BCUT2D eigenvalue weighted by molar-refractivity contribution is 6.00. The van der Waals surface area contributed by atoms with Crippen LogP contribution in [0.15, 0.2) is 24.3 Å². The van der Waals surface area contributed by atoms with Gasteiger partial charge in [0.1, 0.15) is 6.54 Å². The lowest BCUT2D eigenvalue weighted by molar-refractivity contribution is -0.145. The predicted molar refractivity (Wildman–Crippen MR) is 101 cm³/mol. The van der Waals surface area contributed by atoms with Gasteiger partial charge in [0.25, 0.3) is 5.91 Å². The Morgan fingerprint density at radius 3 is 2.70 bits per heavy atom. The molecule has 1 fully saturated rings. The molecule has 0 N–H and O–H groups in total. The number of nitrogens with zero attached hydrogens (tertiary/aromatic N) is 2. The van der Waals surface area contributed by atoms with Crippen molar-refractivity contribution in [3.8, 4) is 0 Å². The first-order valence-electron chi connectivity index (χ1n) is 9.72. The summed E-state index contributed by atoms with van der Waals surface area (Å²) in [5, 5.41) is 0. The van der Waals surface area contributed by atoms with Crippen molar-refractivity contribution >= 4 is 17.8 Å². The van der Waals surface area contributed by atoms with E-state index in [-0.39, 0.29) is 36.2 Å². The summed E-state index contributed by atoms with van der Waals surface area (Å²) in [6.07, 6.45) is 0.773. The fourth-order valence-corrected chi connectivity index (χ4v) is 3.69. The molecule has 2 aliphatic rings. The zero-order valence-corrected chi connectivity index (χ0v) is 16.3. The van der Waals surface area contributed by atoms with Gasteiger partial charge in [-0.1, -0.05) is 32.0 Å². The number of hydrogen-bond donors (Lipinski definition) is 0. The molecule has 0 spiro atoms. The third-order valence-corrected chi connectivity index (χ3v) is 5.13. The number of fused-ring (bicyclic) bond motifs is 1. The number of ether oxygens (including phenoxy) is 1. The van der Waals surface area contributed by atoms with E-state index in [1.165, 1.54) is 0 Å². The minimum Gasteiger partial charge on any atom is -0.466 e. The van der Waals surface area contributed by atoms with E-state index in [2.05, 4.69) is 13.8 Å². The second-order valence-electron chi connectivity index (χ2n) is 7.87. The Morgan fingerprint density at radius 1 is 1.30 bits per heavy atom. The number of esters is 1. The van der Waals surface area contributed by atoms with E-state index in [4.69, 9.17) is 4.74 Å². The van der Waals surface area contributed by atoms with Gasteiger partial charge in [0.2, 0.25) is 5.91 Å². The smallest absolute Gasteiger partial charge is 0.309 e. The zero-order valence-electron chi connectivity index (χ0n) is 16.3. The Hall–Kier alpha value is -2.37. The molecule has 6 heteroatoms. The molecule has 146 valence electrons. The van der Waals surface area contributed by atoms with Crippen LogP contribution >= 0.6 is 0 Å².